The lowest BCUT2D eigenvalue weighted by Gasteiger charge is -2.40. The lowest BCUT2D eigenvalue weighted by atomic mass is 9.82. The van der Waals surface area contributed by atoms with Crippen molar-refractivity contribution in [2.75, 3.05) is 38.7 Å². The van der Waals surface area contributed by atoms with E-state index in [9.17, 15) is 14.3 Å². The van der Waals surface area contributed by atoms with E-state index in [1.807, 2.05) is 50.2 Å². The molecule has 0 unspecified atom stereocenters. The number of benzene rings is 2. The van der Waals surface area contributed by atoms with Gasteiger partial charge in [-0.25, -0.2) is 4.39 Å². The summed E-state index contributed by atoms with van der Waals surface area (Å²) < 4.78 is 19.1. The number of carbonyl (C=O) groups is 1. The highest BCUT2D eigenvalue weighted by Crippen LogP contribution is 2.42. The van der Waals surface area contributed by atoms with Gasteiger partial charge in [0.05, 0.1) is 24.4 Å². The molecule has 0 aliphatic carbocycles. The Hall–Kier alpha value is -3.45. The van der Waals surface area contributed by atoms with Crippen molar-refractivity contribution in [1.29, 1.82) is 0 Å². The summed E-state index contributed by atoms with van der Waals surface area (Å²) in [5.41, 5.74) is 6.80. The predicted octanol–water partition coefficient (Wildman–Crippen LogP) is 6.13. The van der Waals surface area contributed by atoms with Gasteiger partial charge in [-0.3, -0.25) is 9.78 Å². The third-order valence-corrected chi connectivity index (χ3v) is 7.48. The quantitative estimate of drug-likeness (QED) is 0.338. The van der Waals surface area contributed by atoms with E-state index in [1.165, 1.54) is 12.1 Å². The van der Waals surface area contributed by atoms with Crippen molar-refractivity contribution in [3.63, 3.8) is 0 Å². The monoisotopic (exact) mass is 533 g/mol. The van der Waals surface area contributed by atoms with E-state index in [0.717, 1.165) is 71.0 Å². The smallest absolute Gasteiger partial charge is 0.307 e. The molecular weight excluding hydrogens is 493 g/mol. The summed E-state index contributed by atoms with van der Waals surface area (Å²) >= 11 is 0. The molecular formula is C32H40FN3O3. The van der Waals surface area contributed by atoms with Crippen LogP contribution in [0.15, 0.2) is 48.5 Å². The minimum atomic E-state index is -0.852. The number of ether oxygens (including phenoxy) is 1. The van der Waals surface area contributed by atoms with Gasteiger partial charge in [0, 0.05) is 42.9 Å². The maximum Gasteiger partial charge on any atom is 0.307 e. The number of aromatic nitrogens is 1. The highest BCUT2D eigenvalue weighted by Gasteiger charge is 2.30. The molecule has 0 spiro atoms. The van der Waals surface area contributed by atoms with E-state index < -0.39 is 5.97 Å². The van der Waals surface area contributed by atoms with Crippen LogP contribution in [-0.2, 0) is 24.2 Å². The number of piperidine rings is 1. The first-order chi connectivity index (χ1) is 18.5. The van der Waals surface area contributed by atoms with Crippen molar-refractivity contribution >= 4 is 11.7 Å². The molecule has 6 nitrogen and oxygen atoms in total. The SMILES string of the molecule is Cc1nc(CN(C)C)c(CC(=O)O)c(N2CCC(C)(C)CC2)c1-c1ccc(OCCc2ccc(F)cc2)cc1. The van der Waals surface area contributed by atoms with E-state index in [1.54, 1.807) is 12.1 Å². The molecule has 4 rings (SSSR count). The summed E-state index contributed by atoms with van der Waals surface area (Å²) in [6, 6.07) is 14.4. The molecule has 2 aromatic carbocycles. The molecule has 0 saturated carbocycles. The van der Waals surface area contributed by atoms with Crippen LogP contribution in [0.2, 0.25) is 0 Å². The summed E-state index contributed by atoms with van der Waals surface area (Å²) in [6.45, 7) is 9.44. The molecule has 0 bridgehead atoms. The van der Waals surface area contributed by atoms with Crippen LogP contribution in [0, 0.1) is 18.2 Å². The van der Waals surface area contributed by atoms with Crippen molar-refractivity contribution in [1.82, 2.24) is 9.88 Å². The molecule has 39 heavy (non-hydrogen) atoms. The van der Waals surface area contributed by atoms with Crippen LogP contribution in [0.4, 0.5) is 10.1 Å². The molecule has 1 fully saturated rings. The zero-order valence-corrected chi connectivity index (χ0v) is 23.8. The first-order valence-corrected chi connectivity index (χ1v) is 13.6. The van der Waals surface area contributed by atoms with E-state index in [4.69, 9.17) is 9.72 Å². The summed E-state index contributed by atoms with van der Waals surface area (Å²) in [7, 11) is 3.96. The summed E-state index contributed by atoms with van der Waals surface area (Å²) in [6.07, 6.45) is 2.71. The molecule has 3 aromatic rings. The topological polar surface area (TPSA) is 65.9 Å². The second-order valence-electron chi connectivity index (χ2n) is 11.6. The molecule has 1 aliphatic heterocycles. The standard InChI is InChI=1S/C32H40FN3O3/c1-22-30(24-8-12-26(13-9-24)39-19-14-23-6-10-25(33)11-7-23)31(36-17-15-32(2,3)16-18-36)27(20-29(37)38)28(34-22)21-35(4)5/h6-13H,14-21H2,1-5H3,(H,37,38). The summed E-state index contributed by atoms with van der Waals surface area (Å²) in [5.74, 6) is -0.341. The Balaban J connectivity index is 1.67. The minimum absolute atomic E-state index is 0.0662. The number of halogens is 1. The molecule has 1 saturated heterocycles. The first kappa shape index (κ1) is 28.6. The third kappa shape index (κ3) is 7.35. The number of aryl methyl sites for hydroxylation is 1. The molecule has 0 amide bonds. The van der Waals surface area contributed by atoms with Crippen LogP contribution < -0.4 is 9.64 Å². The van der Waals surface area contributed by atoms with Crippen molar-refractivity contribution in [3.05, 3.63) is 76.9 Å². The van der Waals surface area contributed by atoms with Crippen LogP contribution in [0.3, 0.4) is 0 Å². The lowest BCUT2D eigenvalue weighted by Crippen LogP contribution is -2.38. The predicted molar refractivity (Wildman–Crippen MR) is 154 cm³/mol. The minimum Gasteiger partial charge on any atom is -0.493 e. The van der Waals surface area contributed by atoms with Gasteiger partial charge >= 0.3 is 5.97 Å². The Morgan fingerprint density at radius 2 is 1.72 bits per heavy atom. The first-order valence-electron chi connectivity index (χ1n) is 13.6. The zero-order valence-electron chi connectivity index (χ0n) is 23.8. The van der Waals surface area contributed by atoms with Gasteiger partial charge in [0.2, 0.25) is 0 Å². The molecule has 1 aromatic heterocycles. The molecule has 208 valence electrons. The zero-order chi connectivity index (χ0) is 28.2. The number of pyridine rings is 1. The average Bonchev–Trinajstić information content (AvgIpc) is 2.87. The number of aliphatic carboxylic acids is 1. The largest absolute Gasteiger partial charge is 0.493 e. The molecule has 1 N–H and O–H groups in total. The van der Waals surface area contributed by atoms with Gasteiger partial charge in [-0.2, -0.15) is 0 Å². The normalized spacial score (nSPS) is 15.0. The molecule has 0 radical (unpaired) electrons. The van der Waals surface area contributed by atoms with Gasteiger partial charge in [-0.15, -0.1) is 0 Å². The van der Waals surface area contributed by atoms with Crippen LogP contribution in [0.5, 0.6) is 5.75 Å². The number of rotatable bonds is 10. The molecule has 2 heterocycles. The van der Waals surface area contributed by atoms with Crippen LogP contribution in [0.25, 0.3) is 11.1 Å². The highest BCUT2D eigenvalue weighted by atomic mass is 19.1. The number of anilines is 1. The van der Waals surface area contributed by atoms with E-state index in [2.05, 4.69) is 18.7 Å². The fraction of sp³-hybridized carbons (Fsp3) is 0.438. The van der Waals surface area contributed by atoms with Gasteiger partial charge < -0.3 is 19.6 Å². The molecule has 1 aliphatic rings. The van der Waals surface area contributed by atoms with Gasteiger partial charge in [0.1, 0.15) is 11.6 Å². The van der Waals surface area contributed by atoms with Crippen molar-refractivity contribution in [2.24, 2.45) is 5.41 Å². The van der Waals surface area contributed by atoms with Gasteiger partial charge in [-0.1, -0.05) is 38.1 Å². The number of nitrogens with zero attached hydrogens (tertiary/aromatic N) is 3. The van der Waals surface area contributed by atoms with Crippen LogP contribution >= 0.6 is 0 Å². The van der Waals surface area contributed by atoms with E-state index in [0.29, 0.717) is 19.6 Å². The van der Waals surface area contributed by atoms with Crippen molar-refractivity contribution in [3.8, 4) is 16.9 Å². The fourth-order valence-corrected chi connectivity index (χ4v) is 5.24. The Morgan fingerprint density at radius 3 is 2.31 bits per heavy atom. The van der Waals surface area contributed by atoms with Gasteiger partial charge in [0.15, 0.2) is 0 Å². The molecule has 7 heteroatoms. The summed E-state index contributed by atoms with van der Waals surface area (Å²) in [5, 5.41) is 9.88. The fourth-order valence-electron chi connectivity index (χ4n) is 5.24. The second kappa shape index (κ2) is 12.2. The number of hydrogen-bond acceptors (Lipinski definition) is 5. The van der Waals surface area contributed by atoms with Crippen molar-refractivity contribution in [2.45, 2.75) is 53.0 Å². The second-order valence-corrected chi connectivity index (χ2v) is 11.6. The summed E-state index contributed by atoms with van der Waals surface area (Å²) in [4.78, 5) is 21.4. The number of carboxylic acid groups (broad SMARTS) is 1. The van der Waals surface area contributed by atoms with Crippen molar-refractivity contribution < 1.29 is 19.0 Å². The highest BCUT2D eigenvalue weighted by molar-refractivity contribution is 5.86. The van der Waals surface area contributed by atoms with E-state index >= 15 is 0 Å². The maximum absolute atomic E-state index is 13.2. The van der Waals surface area contributed by atoms with E-state index in [-0.39, 0.29) is 17.7 Å². The lowest BCUT2D eigenvalue weighted by molar-refractivity contribution is -0.136. The Morgan fingerprint density at radius 1 is 1.08 bits per heavy atom. The van der Waals surface area contributed by atoms with Gasteiger partial charge in [-0.05, 0) is 74.7 Å². The Bertz CT molecular complexity index is 1280. The Labute approximate surface area is 231 Å². The Kier molecular flexibility index (Phi) is 8.90. The van der Waals surface area contributed by atoms with Crippen LogP contribution in [0.1, 0.15) is 49.2 Å². The maximum atomic E-state index is 13.2. The average molecular weight is 534 g/mol. The van der Waals surface area contributed by atoms with Crippen LogP contribution in [-0.4, -0.2) is 54.8 Å². The number of carboxylic acids is 1. The van der Waals surface area contributed by atoms with Gasteiger partial charge in [0.25, 0.3) is 0 Å². The number of hydrogen-bond donors (Lipinski definition) is 1. The third-order valence-electron chi connectivity index (χ3n) is 7.48. The molecule has 0 atom stereocenters.